The van der Waals surface area contributed by atoms with Gasteiger partial charge in [-0.1, -0.05) is 6.42 Å². The largest absolute Gasteiger partial charge is 0.379 e. The fourth-order valence-electron chi connectivity index (χ4n) is 4.44. The first-order valence-corrected chi connectivity index (χ1v) is 12.6. The van der Waals surface area contributed by atoms with Crippen LogP contribution in [0.1, 0.15) is 41.8 Å². The number of ether oxygens (including phenoxy) is 1. The van der Waals surface area contributed by atoms with Crippen LogP contribution < -0.4 is 0 Å². The van der Waals surface area contributed by atoms with Crippen molar-refractivity contribution in [1.29, 1.82) is 0 Å². The molecule has 3 aliphatic heterocycles. The van der Waals surface area contributed by atoms with Crippen LogP contribution in [-0.4, -0.2) is 87.0 Å². The van der Waals surface area contributed by atoms with Gasteiger partial charge >= 0.3 is 0 Å². The zero-order valence-corrected chi connectivity index (χ0v) is 17.8. The minimum atomic E-state index is -3.65. The molecule has 0 atom stereocenters. The van der Waals surface area contributed by atoms with Gasteiger partial charge in [-0.05, 0) is 50.2 Å². The lowest BCUT2D eigenvalue weighted by Crippen LogP contribution is -2.48. The molecule has 0 radical (unpaired) electrons. The molecule has 0 saturated carbocycles. The summed E-state index contributed by atoms with van der Waals surface area (Å²) in [5, 5.41) is 1.71. The zero-order valence-electron chi connectivity index (χ0n) is 16.2. The Morgan fingerprint density at radius 2 is 1.68 bits per heavy atom. The Balaban J connectivity index is 1.43. The molecule has 0 spiro atoms. The van der Waals surface area contributed by atoms with Crippen LogP contribution in [0.15, 0.2) is 16.3 Å². The summed E-state index contributed by atoms with van der Waals surface area (Å²) < 4.78 is 32.7. The molecule has 28 heavy (non-hydrogen) atoms. The van der Waals surface area contributed by atoms with Gasteiger partial charge in [0, 0.05) is 32.2 Å². The van der Waals surface area contributed by atoms with Crippen molar-refractivity contribution in [3.8, 4) is 0 Å². The maximum atomic E-state index is 13.1. The standard InChI is InChI=1S/C19H29N3O4S2/c23-19(21-9-4-16(5-10-21)20-7-2-1-3-8-20)18-17(6-15-27-18)28(24,25)22-11-13-26-14-12-22/h6,15-16H,1-5,7-14H2. The van der Waals surface area contributed by atoms with Gasteiger partial charge in [-0.3, -0.25) is 4.79 Å². The Morgan fingerprint density at radius 3 is 2.36 bits per heavy atom. The average Bonchev–Trinajstić information content (AvgIpc) is 3.25. The number of rotatable bonds is 4. The molecule has 156 valence electrons. The number of carbonyl (C=O) groups excluding carboxylic acids is 1. The van der Waals surface area contributed by atoms with Crippen molar-refractivity contribution < 1.29 is 17.9 Å². The molecule has 4 rings (SSSR count). The summed E-state index contributed by atoms with van der Waals surface area (Å²) in [5.41, 5.74) is 0. The van der Waals surface area contributed by atoms with Gasteiger partial charge in [0.25, 0.3) is 5.91 Å². The summed E-state index contributed by atoms with van der Waals surface area (Å²) in [6.07, 6.45) is 5.83. The highest BCUT2D eigenvalue weighted by molar-refractivity contribution is 7.89. The van der Waals surface area contributed by atoms with E-state index in [1.807, 2.05) is 4.90 Å². The summed E-state index contributed by atoms with van der Waals surface area (Å²) in [4.78, 5) is 18.0. The van der Waals surface area contributed by atoms with Crippen molar-refractivity contribution in [3.05, 3.63) is 16.3 Å². The van der Waals surface area contributed by atoms with E-state index in [1.54, 1.807) is 11.4 Å². The molecule has 0 bridgehead atoms. The number of nitrogens with zero attached hydrogens (tertiary/aromatic N) is 3. The third kappa shape index (κ3) is 4.14. The maximum absolute atomic E-state index is 13.1. The van der Waals surface area contributed by atoms with E-state index in [0.29, 0.717) is 50.3 Å². The SMILES string of the molecule is O=C(c1sccc1S(=O)(=O)N1CCOCC1)N1CCC(N2CCCCC2)CC1. The van der Waals surface area contributed by atoms with Crippen LogP contribution in [0.4, 0.5) is 0 Å². The van der Waals surface area contributed by atoms with Gasteiger partial charge in [-0.15, -0.1) is 11.3 Å². The summed E-state index contributed by atoms with van der Waals surface area (Å²) in [6.45, 7) is 5.23. The number of sulfonamides is 1. The minimum Gasteiger partial charge on any atom is -0.379 e. The van der Waals surface area contributed by atoms with Crippen LogP contribution >= 0.6 is 11.3 Å². The molecule has 1 amide bonds. The van der Waals surface area contributed by atoms with E-state index in [2.05, 4.69) is 4.90 Å². The highest BCUT2D eigenvalue weighted by Gasteiger charge is 2.34. The molecule has 7 nitrogen and oxygen atoms in total. The van der Waals surface area contributed by atoms with E-state index >= 15 is 0 Å². The average molecular weight is 428 g/mol. The van der Waals surface area contributed by atoms with Crippen LogP contribution in [-0.2, 0) is 14.8 Å². The van der Waals surface area contributed by atoms with Gasteiger partial charge in [0.05, 0.1) is 13.2 Å². The summed E-state index contributed by atoms with van der Waals surface area (Å²) in [5.74, 6) is -0.140. The Morgan fingerprint density at radius 1 is 1.00 bits per heavy atom. The monoisotopic (exact) mass is 427 g/mol. The van der Waals surface area contributed by atoms with Crippen LogP contribution in [0.25, 0.3) is 0 Å². The minimum absolute atomic E-state index is 0.140. The highest BCUT2D eigenvalue weighted by Crippen LogP contribution is 2.29. The molecular formula is C19H29N3O4S2. The molecule has 3 fully saturated rings. The number of piperidine rings is 2. The van der Waals surface area contributed by atoms with Crippen molar-refractivity contribution in [1.82, 2.24) is 14.1 Å². The van der Waals surface area contributed by atoms with Gasteiger partial charge in [0.2, 0.25) is 10.0 Å². The molecule has 0 aliphatic carbocycles. The number of amides is 1. The lowest BCUT2D eigenvalue weighted by molar-refractivity contribution is 0.0590. The molecule has 9 heteroatoms. The number of thiophene rings is 1. The van der Waals surface area contributed by atoms with Crippen LogP contribution in [0.3, 0.4) is 0 Å². The van der Waals surface area contributed by atoms with Crippen molar-refractivity contribution in [3.63, 3.8) is 0 Å². The van der Waals surface area contributed by atoms with E-state index < -0.39 is 10.0 Å². The van der Waals surface area contributed by atoms with Crippen LogP contribution in [0, 0.1) is 0 Å². The third-order valence-corrected chi connectivity index (χ3v) is 9.04. The van der Waals surface area contributed by atoms with Gasteiger partial charge in [-0.25, -0.2) is 8.42 Å². The second-order valence-electron chi connectivity index (χ2n) is 7.75. The molecule has 4 heterocycles. The maximum Gasteiger partial charge on any atom is 0.265 e. The van der Waals surface area contributed by atoms with Gasteiger partial charge in [0.15, 0.2) is 0 Å². The highest BCUT2D eigenvalue weighted by atomic mass is 32.2. The van der Waals surface area contributed by atoms with E-state index in [-0.39, 0.29) is 10.8 Å². The van der Waals surface area contributed by atoms with Crippen LogP contribution in [0.2, 0.25) is 0 Å². The fourth-order valence-corrected chi connectivity index (χ4v) is 7.21. The number of hydrogen-bond donors (Lipinski definition) is 0. The van der Waals surface area contributed by atoms with E-state index in [4.69, 9.17) is 4.74 Å². The number of hydrogen-bond acceptors (Lipinski definition) is 6. The number of likely N-dealkylation sites (tertiary alicyclic amines) is 2. The second kappa shape index (κ2) is 8.79. The van der Waals surface area contributed by atoms with Gasteiger partial charge in [-0.2, -0.15) is 4.31 Å². The van der Waals surface area contributed by atoms with E-state index in [9.17, 15) is 13.2 Å². The summed E-state index contributed by atoms with van der Waals surface area (Å²) in [7, 11) is -3.65. The Kier molecular flexibility index (Phi) is 6.37. The van der Waals surface area contributed by atoms with E-state index in [1.165, 1.54) is 48.0 Å². The molecule has 3 aliphatic rings. The predicted molar refractivity (Wildman–Crippen MR) is 108 cm³/mol. The summed E-state index contributed by atoms with van der Waals surface area (Å²) in [6, 6.07) is 2.13. The molecule has 3 saturated heterocycles. The molecule has 1 aromatic heterocycles. The van der Waals surface area contributed by atoms with Crippen molar-refractivity contribution in [2.75, 3.05) is 52.5 Å². The normalized spacial score (nSPS) is 23.8. The predicted octanol–water partition coefficient (Wildman–Crippen LogP) is 1.86. The van der Waals surface area contributed by atoms with Crippen molar-refractivity contribution >= 4 is 27.3 Å². The molecular weight excluding hydrogens is 398 g/mol. The zero-order chi connectivity index (χ0) is 19.6. The molecule has 0 unspecified atom stereocenters. The molecule has 1 aromatic rings. The Labute approximate surface area is 171 Å². The van der Waals surface area contributed by atoms with Gasteiger partial charge < -0.3 is 14.5 Å². The first-order valence-electron chi connectivity index (χ1n) is 10.3. The summed E-state index contributed by atoms with van der Waals surface area (Å²) >= 11 is 1.23. The van der Waals surface area contributed by atoms with E-state index in [0.717, 1.165) is 12.8 Å². The number of morpholine rings is 1. The lowest BCUT2D eigenvalue weighted by Gasteiger charge is -2.40. The quantitative estimate of drug-likeness (QED) is 0.734. The molecule has 0 aromatic carbocycles. The fraction of sp³-hybridized carbons (Fsp3) is 0.737. The first-order chi connectivity index (χ1) is 13.6. The van der Waals surface area contributed by atoms with Crippen molar-refractivity contribution in [2.24, 2.45) is 0 Å². The topological polar surface area (TPSA) is 70.2 Å². The Bertz CT molecular complexity index is 775. The Hall–Kier alpha value is -1.00. The van der Waals surface area contributed by atoms with Crippen LogP contribution in [0.5, 0.6) is 0 Å². The second-order valence-corrected chi connectivity index (χ2v) is 10.6. The van der Waals surface area contributed by atoms with Crippen molar-refractivity contribution in [2.45, 2.75) is 43.0 Å². The number of carbonyl (C=O) groups is 1. The molecule has 0 N–H and O–H groups in total. The smallest absolute Gasteiger partial charge is 0.265 e. The lowest BCUT2D eigenvalue weighted by atomic mass is 10.00. The van der Waals surface area contributed by atoms with Gasteiger partial charge in [0.1, 0.15) is 9.77 Å². The third-order valence-electron chi connectivity index (χ3n) is 6.07. The first kappa shape index (κ1) is 20.3.